The van der Waals surface area contributed by atoms with Gasteiger partial charge >= 0.3 is 0 Å². The van der Waals surface area contributed by atoms with Crippen LogP contribution in [0.5, 0.6) is 0 Å². The first-order valence-electron chi connectivity index (χ1n) is 9.26. The number of benzene rings is 4. The Hall–Kier alpha value is -3.10. The van der Waals surface area contributed by atoms with Gasteiger partial charge < -0.3 is 9.15 Å². The summed E-state index contributed by atoms with van der Waals surface area (Å²) in [5.74, 6) is 0. The van der Waals surface area contributed by atoms with E-state index in [9.17, 15) is 0 Å². The Labute approximate surface area is 157 Å². The molecule has 0 radical (unpaired) electrons. The summed E-state index contributed by atoms with van der Waals surface area (Å²) in [6, 6.07) is 23.3. The molecule has 4 aromatic carbocycles. The molecular formula is C25H20O2. The fourth-order valence-corrected chi connectivity index (χ4v) is 4.03. The minimum Gasteiger partial charge on any atom is -0.455 e. The van der Waals surface area contributed by atoms with E-state index in [1.54, 1.807) is 6.08 Å². The summed E-state index contributed by atoms with van der Waals surface area (Å²) in [6.45, 7) is 6.36. The Kier molecular flexibility index (Phi) is 3.73. The average molecular weight is 352 g/mol. The van der Waals surface area contributed by atoms with Crippen molar-refractivity contribution in [2.45, 2.75) is 13.0 Å². The van der Waals surface area contributed by atoms with Crippen molar-refractivity contribution in [3.63, 3.8) is 0 Å². The molecule has 132 valence electrons. The van der Waals surface area contributed by atoms with Crippen LogP contribution < -0.4 is 0 Å². The minimum atomic E-state index is -0.0396. The highest BCUT2D eigenvalue weighted by atomic mass is 16.5. The molecule has 2 heteroatoms. The van der Waals surface area contributed by atoms with Gasteiger partial charge in [0.2, 0.25) is 0 Å². The predicted octanol–water partition coefficient (Wildman–Crippen LogP) is 7.16. The first kappa shape index (κ1) is 16.1. The van der Waals surface area contributed by atoms with Gasteiger partial charge in [-0.3, -0.25) is 0 Å². The van der Waals surface area contributed by atoms with Crippen molar-refractivity contribution in [1.82, 2.24) is 0 Å². The van der Waals surface area contributed by atoms with E-state index < -0.39 is 0 Å². The first-order chi connectivity index (χ1) is 13.3. The van der Waals surface area contributed by atoms with Crippen LogP contribution in [0.3, 0.4) is 0 Å². The van der Waals surface area contributed by atoms with Crippen LogP contribution in [-0.2, 0) is 4.74 Å². The third kappa shape index (κ3) is 2.45. The summed E-state index contributed by atoms with van der Waals surface area (Å²) < 4.78 is 12.3. The minimum absolute atomic E-state index is 0.0396. The van der Waals surface area contributed by atoms with E-state index in [0.717, 1.165) is 27.5 Å². The van der Waals surface area contributed by atoms with Gasteiger partial charge in [-0.05, 0) is 40.8 Å². The maximum atomic E-state index is 6.39. The number of ether oxygens (including phenoxy) is 1. The molecule has 0 bridgehead atoms. The Morgan fingerprint density at radius 2 is 1.67 bits per heavy atom. The van der Waals surface area contributed by atoms with E-state index >= 15 is 0 Å². The lowest BCUT2D eigenvalue weighted by atomic mass is 9.96. The van der Waals surface area contributed by atoms with Crippen LogP contribution in [0, 0.1) is 0 Å². The van der Waals surface area contributed by atoms with Crippen molar-refractivity contribution < 1.29 is 9.15 Å². The van der Waals surface area contributed by atoms with E-state index in [4.69, 9.17) is 9.15 Å². The molecule has 5 rings (SSSR count). The van der Waals surface area contributed by atoms with Crippen molar-refractivity contribution in [2.75, 3.05) is 6.61 Å². The van der Waals surface area contributed by atoms with Crippen LogP contribution in [0.4, 0.5) is 0 Å². The molecule has 5 aromatic rings. The van der Waals surface area contributed by atoms with E-state index in [2.05, 4.69) is 80.2 Å². The zero-order valence-electron chi connectivity index (χ0n) is 15.2. The lowest BCUT2D eigenvalue weighted by Gasteiger charge is -2.15. The van der Waals surface area contributed by atoms with Gasteiger partial charge in [-0.2, -0.15) is 0 Å². The summed E-state index contributed by atoms with van der Waals surface area (Å²) >= 11 is 0. The molecule has 1 heterocycles. The Bertz CT molecular complexity index is 1310. The van der Waals surface area contributed by atoms with Crippen molar-refractivity contribution in [2.24, 2.45) is 0 Å². The van der Waals surface area contributed by atoms with Gasteiger partial charge in [-0.25, -0.2) is 0 Å². The summed E-state index contributed by atoms with van der Waals surface area (Å²) in [5, 5.41) is 7.08. The second-order valence-corrected chi connectivity index (χ2v) is 6.91. The molecule has 27 heavy (non-hydrogen) atoms. The van der Waals surface area contributed by atoms with Crippen molar-refractivity contribution in [3.8, 4) is 0 Å². The highest BCUT2D eigenvalue weighted by Gasteiger charge is 2.18. The normalized spacial score (nSPS) is 12.9. The summed E-state index contributed by atoms with van der Waals surface area (Å²) in [7, 11) is 0. The van der Waals surface area contributed by atoms with Gasteiger partial charge in [-0.15, -0.1) is 6.58 Å². The highest BCUT2D eigenvalue weighted by Crippen LogP contribution is 2.40. The zero-order valence-corrected chi connectivity index (χ0v) is 15.2. The topological polar surface area (TPSA) is 22.4 Å². The second-order valence-electron chi connectivity index (χ2n) is 6.91. The van der Waals surface area contributed by atoms with Crippen LogP contribution in [0.1, 0.15) is 18.6 Å². The molecule has 0 N–H and O–H groups in total. The number of rotatable bonds is 4. The van der Waals surface area contributed by atoms with E-state index in [1.807, 2.05) is 0 Å². The van der Waals surface area contributed by atoms with Crippen LogP contribution in [0.15, 0.2) is 83.8 Å². The number of furan rings is 1. The fraction of sp³-hybridized carbons (Fsp3) is 0.120. The van der Waals surface area contributed by atoms with E-state index in [1.165, 1.54) is 21.5 Å². The van der Waals surface area contributed by atoms with E-state index in [0.29, 0.717) is 6.61 Å². The van der Waals surface area contributed by atoms with Crippen LogP contribution in [-0.4, -0.2) is 6.61 Å². The third-order valence-corrected chi connectivity index (χ3v) is 5.30. The Balaban J connectivity index is 1.89. The van der Waals surface area contributed by atoms with Crippen molar-refractivity contribution >= 4 is 43.5 Å². The Morgan fingerprint density at radius 1 is 0.926 bits per heavy atom. The predicted molar refractivity (Wildman–Crippen MR) is 113 cm³/mol. The lowest BCUT2D eigenvalue weighted by molar-refractivity contribution is 0.0899. The van der Waals surface area contributed by atoms with Gasteiger partial charge in [0, 0.05) is 16.2 Å². The van der Waals surface area contributed by atoms with Crippen LogP contribution in [0.2, 0.25) is 0 Å². The van der Waals surface area contributed by atoms with Gasteiger partial charge in [0.05, 0.1) is 12.7 Å². The molecule has 0 aliphatic heterocycles. The van der Waals surface area contributed by atoms with Crippen LogP contribution >= 0.6 is 0 Å². The molecule has 1 atom stereocenters. The number of hydrogen-bond donors (Lipinski definition) is 0. The molecule has 2 nitrogen and oxygen atoms in total. The molecule has 1 aromatic heterocycles. The molecule has 0 spiro atoms. The number of hydrogen-bond acceptors (Lipinski definition) is 2. The van der Waals surface area contributed by atoms with Crippen molar-refractivity contribution in [1.29, 1.82) is 0 Å². The molecule has 0 amide bonds. The largest absolute Gasteiger partial charge is 0.455 e. The van der Waals surface area contributed by atoms with Gasteiger partial charge in [0.15, 0.2) is 0 Å². The quantitative estimate of drug-likeness (QED) is 0.320. The maximum Gasteiger partial charge on any atom is 0.143 e. The molecule has 0 saturated heterocycles. The average Bonchev–Trinajstić information content (AvgIpc) is 3.10. The summed E-state index contributed by atoms with van der Waals surface area (Å²) in [5.41, 5.74) is 3.00. The van der Waals surface area contributed by atoms with Gasteiger partial charge in [0.25, 0.3) is 0 Å². The van der Waals surface area contributed by atoms with Gasteiger partial charge in [0.1, 0.15) is 11.2 Å². The lowest BCUT2D eigenvalue weighted by Crippen LogP contribution is -2.01. The molecule has 0 fully saturated rings. The molecule has 0 aliphatic rings. The standard InChI is InChI=1S/C25H20O2/c1-3-14-26-16(2)22-15-23-24(20-11-7-6-10-19(20)22)21-13-12-17-8-4-5-9-18(17)25(21)27-23/h3-13,15-16H,1,14H2,2H3. The second kappa shape index (κ2) is 6.26. The smallest absolute Gasteiger partial charge is 0.143 e. The first-order valence-corrected chi connectivity index (χ1v) is 9.26. The molecule has 0 aliphatic carbocycles. The highest BCUT2D eigenvalue weighted by molar-refractivity contribution is 6.23. The fourth-order valence-electron chi connectivity index (χ4n) is 4.03. The summed E-state index contributed by atoms with van der Waals surface area (Å²) in [6.07, 6.45) is 1.74. The van der Waals surface area contributed by atoms with Crippen LogP contribution in [0.25, 0.3) is 43.5 Å². The third-order valence-electron chi connectivity index (χ3n) is 5.30. The SMILES string of the molecule is C=CCOC(C)c1cc2oc3c4ccccc4ccc3c2c2ccccc12. The van der Waals surface area contributed by atoms with E-state index in [-0.39, 0.29) is 6.10 Å². The maximum absolute atomic E-state index is 6.39. The van der Waals surface area contributed by atoms with Gasteiger partial charge in [-0.1, -0.05) is 60.7 Å². The molecule has 0 saturated carbocycles. The summed E-state index contributed by atoms with van der Waals surface area (Å²) in [4.78, 5) is 0. The number of fused-ring (bicyclic) bond motifs is 7. The molecular weight excluding hydrogens is 332 g/mol. The molecule has 1 unspecified atom stereocenters. The Morgan fingerprint density at radius 3 is 2.48 bits per heavy atom. The van der Waals surface area contributed by atoms with Crippen molar-refractivity contribution in [3.05, 3.63) is 84.9 Å². The monoisotopic (exact) mass is 352 g/mol. The zero-order chi connectivity index (χ0) is 18.4.